The molecule has 17 heavy (non-hydrogen) atoms. The maximum absolute atomic E-state index is 11.9. The fraction of sp³-hybridized carbons (Fsp3) is 0.417. The summed E-state index contributed by atoms with van der Waals surface area (Å²) < 4.78 is 23.8. The minimum atomic E-state index is -3.25. The number of nitrogens with zero attached hydrogens (tertiary/aromatic N) is 1. The van der Waals surface area contributed by atoms with Crippen LogP contribution in [-0.4, -0.2) is 26.8 Å². The molecule has 0 aliphatic rings. The van der Waals surface area contributed by atoms with Crippen LogP contribution < -0.4 is 5.32 Å². The van der Waals surface area contributed by atoms with Gasteiger partial charge >= 0.3 is 0 Å². The molecule has 1 rings (SSSR count). The summed E-state index contributed by atoms with van der Waals surface area (Å²) in [6, 6.07) is 8.21. The molecule has 1 N–H and O–H groups in total. The van der Waals surface area contributed by atoms with Crippen LogP contribution in [0.15, 0.2) is 29.2 Å². The molecule has 1 aromatic carbocycles. The van der Waals surface area contributed by atoms with Crippen molar-refractivity contribution in [3.05, 3.63) is 29.8 Å². The highest BCUT2D eigenvalue weighted by Crippen LogP contribution is 2.11. The van der Waals surface area contributed by atoms with E-state index in [-0.39, 0.29) is 16.7 Å². The molecular formula is C12H16N2O2S. The number of hydrogen-bond donors (Lipinski definition) is 1. The fourth-order valence-corrected chi connectivity index (χ4v) is 2.51. The highest BCUT2D eigenvalue weighted by atomic mass is 32.2. The van der Waals surface area contributed by atoms with E-state index < -0.39 is 9.84 Å². The first-order chi connectivity index (χ1) is 7.95. The van der Waals surface area contributed by atoms with E-state index in [0.29, 0.717) is 12.1 Å². The lowest BCUT2D eigenvalue weighted by Crippen LogP contribution is -2.28. The van der Waals surface area contributed by atoms with Crippen molar-refractivity contribution in [2.24, 2.45) is 0 Å². The standard InChI is InChI=1S/C12H16N2O2S/c1-10(2)14-7-8-17(15,16)12-5-3-11(9-13)4-6-12/h3-6,10,14H,7-8H2,1-2H3. The van der Waals surface area contributed by atoms with Crippen molar-refractivity contribution >= 4 is 9.84 Å². The van der Waals surface area contributed by atoms with Crippen molar-refractivity contribution in [2.45, 2.75) is 24.8 Å². The van der Waals surface area contributed by atoms with Crippen LogP contribution in [0.25, 0.3) is 0 Å². The third-order valence-electron chi connectivity index (χ3n) is 2.27. The Bertz CT molecular complexity index is 498. The zero-order chi connectivity index (χ0) is 12.9. The van der Waals surface area contributed by atoms with Gasteiger partial charge in [0.05, 0.1) is 22.3 Å². The lowest BCUT2D eigenvalue weighted by Gasteiger charge is -2.08. The van der Waals surface area contributed by atoms with E-state index in [1.165, 1.54) is 24.3 Å². The topological polar surface area (TPSA) is 70.0 Å². The fourth-order valence-electron chi connectivity index (χ4n) is 1.34. The summed E-state index contributed by atoms with van der Waals surface area (Å²) in [6.07, 6.45) is 0. The Morgan fingerprint density at radius 3 is 2.35 bits per heavy atom. The van der Waals surface area contributed by atoms with E-state index >= 15 is 0 Å². The molecule has 92 valence electrons. The predicted molar refractivity (Wildman–Crippen MR) is 66.3 cm³/mol. The minimum absolute atomic E-state index is 0.0665. The van der Waals surface area contributed by atoms with Crippen LogP contribution in [0, 0.1) is 11.3 Å². The van der Waals surface area contributed by atoms with Gasteiger partial charge in [-0.1, -0.05) is 13.8 Å². The van der Waals surface area contributed by atoms with Gasteiger partial charge in [0.1, 0.15) is 0 Å². The van der Waals surface area contributed by atoms with Crippen LogP contribution in [0.3, 0.4) is 0 Å². The van der Waals surface area contributed by atoms with E-state index in [1.807, 2.05) is 19.9 Å². The number of benzene rings is 1. The van der Waals surface area contributed by atoms with Crippen LogP contribution in [0.5, 0.6) is 0 Å². The third kappa shape index (κ3) is 4.17. The second-order valence-electron chi connectivity index (χ2n) is 4.06. The van der Waals surface area contributed by atoms with Crippen molar-refractivity contribution in [2.75, 3.05) is 12.3 Å². The zero-order valence-electron chi connectivity index (χ0n) is 9.97. The molecule has 0 saturated heterocycles. The minimum Gasteiger partial charge on any atom is -0.314 e. The summed E-state index contributed by atoms with van der Waals surface area (Å²) >= 11 is 0. The van der Waals surface area contributed by atoms with Crippen molar-refractivity contribution in [1.82, 2.24) is 5.32 Å². The van der Waals surface area contributed by atoms with Gasteiger partial charge in [-0.3, -0.25) is 0 Å². The lowest BCUT2D eigenvalue weighted by atomic mass is 10.2. The molecule has 0 bridgehead atoms. The monoisotopic (exact) mass is 252 g/mol. The lowest BCUT2D eigenvalue weighted by molar-refractivity contribution is 0.578. The quantitative estimate of drug-likeness (QED) is 0.858. The molecule has 0 aromatic heterocycles. The smallest absolute Gasteiger partial charge is 0.179 e. The van der Waals surface area contributed by atoms with Gasteiger partial charge in [-0.2, -0.15) is 5.26 Å². The SMILES string of the molecule is CC(C)NCCS(=O)(=O)c1ccc(C#N)cc1. The maximum atomic E-state index is 11.9. The summed E-state index contributed by atoms with van der Waals surface area (Å²) in [4.78, 5) is 0.266. The summed E-state index contributed by atoms with van der Waals surface area (Å²) in [6.45, 7) is 4.36. The van der Waals surface area contributed by atoms with E-state index in [2.05, 4.69) is 5.32 Å². The number of rotatable bonds is 5. The van der Waals surface area contributed by atoms with Crippen molar-refractivity contribution in [3.8, 4) is 6.07 Å². The van der Waals surface area contributed by atoms with Gasteiger partial charge in [-0.25, -0.2) is 8.42 Å². The van der Waals surface area contributed by atoms with Gasteiger partial charge in [-0.05, 0) is 24.3 Å². The Morgan fingerprint density at radius 1 is 1.29 bits per heavy atom. The third-order valence-corrected chi connectivity index (χ3v) is 4.00. The number of nitrogens with one attached hydrogen (secondary N) is 1. The molecule has 0 aliphatic heterocycles. The Morgan fingerprint density at radius 2 is 1.88 bits per heavy atom. The van der Waals surface area contributed by atoms with Crippen LogP contribution in [0.4, 0.5) is 0 Å². The van der Waals surface area contributed by atoms with Crippen LogP contribution >= 0.6 is 0 Å². The van der Waals surface area contributed by atoms with Crippen LogP contribution in [-0.2, 0) is 9.84 Å². The number of sulfone groups is 1. The van der Waals surface area contributed by atoms with Gasteiger partial charge in [0, 0.05) is 12.6 Å². The molecule has 5 heteroatoms. The van der Waals surface area contributed by atoms with E-state index in [4.69, 9.17) is 5.26 Å². The molecule has 0 fully saturated rings. The highest BCUT2D eigenvalue weighted by Gasteiger charge is 2.13. The number of nitriles is 1. The van der Waals surface area contributed by atoms with Gasteiger partial charge in [0.2, 0.25) is 0 Å². The molecule has 0 spiro atoms. The van der Waals surface area contributed by atoms with Crippen molar-refractivity contribution < 1.29 is 8.42 Å². The molecule has 0 amide bonds. The average Bonchev–Trinajstić information content (AvgIpc) is 2.28. The number of hydrogen-bond acceptors (Lipinski definition) is 4. The predicted octanol–water partition coefficient (Wildman–Crippen LogP) is 1.33. The Labute approximate surface area is 102 Å². The molecular weight excluding hydrogens is 236 g/mol. The largest absolute Gasteiger partial charge is 0.314 e. The summed E-state index contributed by atoms with van der Waals surface area (Å²) in [5, 5.41) is 11.7. The molecule has 1 aromatic rings. The molecule has 0 aliphatic carbocycles. The molecule has 0 radical (unpaired) electrons. The van der Waals surface area contributed by atoms with Gasteiger partial charge in [0.15, 0.2) is 9.84 Å². The second-order valence-corrected chi connectivity index (χ2v) is 6.17. The van der Waals surface area contributed by atoms with E-state index in [1.54, 1.807) is 0 Å². The average molecular weight is 252 g/mol. The van der Waals surface area contributed by atoms with Gasteiger partial charge in [0.25, 0.3) is 0 Å². The molecule has 0 unspecified atom stereocenters. The van der Waals surface area contributed by atoms with Crippen molar-refractivity contribution in [3.63, 3.8) is 0 Å². The van der Waals surface area contributed by atoms with E-state index in [0.717, 1.165) is 0 Å². The first kappa shape index (κ1) is 13.7. The molecule has 4 nitrogen and oxygen atoms in total. The summed E-state index contributed by atoms with van der Waals surface area (Å²) in [5.41, 5.74) is 0.462. The first-order valence-corrected chi connectivity index (χ1v) is 7.07. The van der Waals surface area contributed by atoms with Crippen molar-refractivity contribution in [1.29, 1.82) is 5.26 Å². The van der Waals surface area contributed by atoms with Crippen LogP contribution in [0.2, 0.25) is 0 Å². The second kappa shape index (κ2) is 5.80. The first-order valence-electron chi connectivity index (χ1n) is 5.42. The van der Waals surface area contributed by atoms with Gasteiger partial charge in [-0.15, -0.1) is 0 Å². The Hall–Kier alpha value is -1.38. The normalized spacial score (nSPS) is 11.4. The van der Waals surface area contributed by atoms with E-state index in [9.17, 15) is 8.42 Å². The molecule has 0 heterocycles. The Kier molecular flexibility index (Phi) is 4.67. The maximum Gasteiger partial charge on any atom is 0.179 e. The van der Waals surface area contributed by atoms with Crippen LogP contribution in [0.1, 0.15) is 19.4 Å². The van der Waals surface area contributed by atoms with Gasteiger partial charge < -0.3 is 5.32 Å². The molecule has 0 saturated carbocycles. The zero-order valence-corrected chi connectivity index (χ0v) is 10.8. The Balaban J connectivity index is 2.73. The summed E-state index contributed by atoms with van der Waals surface area (Å²) in [5.74, 6) is 0.0665. The molecule has 0 atom stereocenters. The highest BCUT2D eigenvalue weighted by molar-refractivity contribution is 7.91. The summed E-state index contributed by atoms with van der Waals surface area (Å²) in [7, 11) is -3.25.